The Morgan fingerprint density at radius 3 is 2.47 bits per heavy atom. The molecule has 3 rings (SSSR count). The average molecular weight is 557 g/mol. The summed E-state index contributed by atoms with van der Waals surface area (Å²) in [5.74, 6) is 0.594. The lowest BCUT2D eigenvalue weighted by molar-refractivity contribution is 0.188. The molecule has 38 heavy (non-hydrogen) atoms. The van der Waals surface area contributed by atoms with Gasteiger partial charge in [-0.3, -0.25) is 14.9 Å². The number of hydrogen-bond donors (Lipinski definition) is 2. The van der Waals surface area contributed by atoms with Crippen molar-refractivity contribution in [3.8, 4) is 0 Å². The molecule has 2 aromatic rings. The van der Waals surface area contributed by atoms with Gasteiger partial charge in [0.25, 0.3) is 0 Å². The molecule has 0 radical (unpaired) electrons. The lowest BCUT2D eigenvalue weighted by atomic mass is 9.96. The number of likely N-dealkylation sites (N-methyl/N-ethyl adjacent to an activating group) is 2. The number of hydrogen-bond acceptors (Lipinski definition) is 6. The van der Waals surface area contributed by atoms with Crippen LogP contribution in [-0.4, -0.2) is 52.8 Å². The van der Waals surface area contributed by atoms with Gasteiger partial charge in [0, 0.05) is 33.5 Å². The Morgan fingerprint density at radius 1 is 1.21 bits per heavy atom. The number of allylic oxidation sites excluding steroid dienone is 1. The van der Waals surface area contributed by atoms with Gasteiger partial charge in [0.15, 0.2) is 6.23 Å². The van der Waals surface area contributed by atoms with Gasteiger partial charge in [0.1, 0.15) is 5.70 Å². The third-order valence-electron chi connectivity index (χ3n) is 6.84. The Morgan fingerprint density at radius 2 is 1.89 bits per heavy atom. The van der Waals surface area contributed by atoms with Crippen molar-refractivity contribution in [3.05, 3.63) is 75.6 Å². The Balaban J connectivity index is 1.81. The molecule has 1 aliphatic rings. The van der Waals surface area contributed by atoms with E-state index in [0.29, 0.717) is 28.7 Å². The number of nitrogens with zero attached hydrogens (tertiary/aromatic N) is 2. The van der Waals surface area contributed by atoms with Gasteiger partial charge in [-0.25, -0.2) is 4.99 Å². The van der Waals surface area contributed by atoms with Gasteiger partial charge in [-0.05, 0) is 61.7 Å². The van der Waals surface area contributed by atoms with Gasteiger partial charge in [-0.2, -0.15) is 0 Å². The maximum atomic E-state index is 12.5. The molecule has 6 nitrogen and oxygen atoms in total. The van der Waals surface area contributed by atoms with E-state index < -0.39 is 17.0 Å². The molecular formula is C30H41ClN4O2S. The molecule has 3 atom stereocenters. The quantitative estimate of drug-likeness (QED) is 0.191. The average Bonchev–Trinajstić information content (AvgIpc) is 2.89. The lowest BCUT2D eigenvalue weighted by Crippen LogP contribution is -2.38. The van der Waals surface area contributed by atoms with Crippen LogP contribution in [-0.2, 0) is 22.0 Å². The molecule has 0 bridgehead atoms. The topological polar surface area (TPSA) is 77.8 Å². The number of benzene rings is 2. The second kappa shape index (κ2) is 13.5. The molecule has 8 heteroatoms. The number of halogens is 1. The van der Waals surface area contributed by atoms with Crippen LogP contribution >= 0.6 is 11.6 Å². The predicted octanol–water partition coefficient (Wildman–Crippen LogP) is 6.39. The zero-order chi connectivity index (χ0) is 28.0. The van der Waals surface area contributed by atoms with E-state index in [1.54, 1.807) is 7.05 Å². The van der Waals surface area contributed by atoms with E-state index in [-0.39, 0.29) is 11.1 Å². The van der Waals surface area contributed by atoms with Crippen molar-refractivity contribution in [3.63, 3.8) is 0 Å². The fraction of sp³-hybridized carbons (Fsp3) is 0.467. The highest BCUT2D eigenvalue weighted by molar-refractivity contribution is 7.85. The summed E-state index contributed by atoms with van der Waals surface area (Å²) in [7, 11) is 2.78. The van der Waals surface area contributed by atoms with Crippen LogP contribution in [0.1, 0.15) is 64.2 Å². The Kier molecular flexibility index (Phi) is 10.7. The second-order valence-corrected chi connectivity index (χ2v) is 12.7. The van der Waals surface area contributed by atoms with Gasteiger partial charge in [0.2, 0.25) is 5.90 Å². The van der Waals surface area contributed by atoms with Gasteiger partial charge in [0.05, 0.1) is 23.1 Å². The van der Waals surface area contributed by atoms with E-state index in [0.717, 1.165) is 46.7 Å². The summed E-state index contributed by atoms with van der Waals surface area (Å²) < 4.78 is 18.6. The lowest BCUT2D eigenvalue weighted by Gasteiger charge is -2.31. The van der Waals surface area contributed by atoms with Crippen molar-refractivity contribution in [2.75, 3.05) is 20.6 Å². The minimum absolute atomic E-state index is 0.0326. The van der Waals surface area contributed by atoms with Gasteiger partial charge < -0.3 is 9.64 Å². The minimum Gasteiger partial charge on any atom is -0.452 e. The molecule has 1 aliphatic heterocycles. The van der Waals surface area contributed by atoms with Gasteiger partial charge >= 0.3 is 0 Å². The van der Waals surface area contributed by atoms with Crippen LogP contribution in [0.3, 0.4) is 0 Å². The Bertz CT molecular complexity index is 1220. The molecule has 0 aliphatic carbocycles. The molecule has 2 aromatic carbocycles. The Labute approximate surface area is 235 Å². The SMILES string of the molecule is CCCC(C)Cc1ccc(C(=N)OC(NC)C2=C(C)N(C)CC(c3ccc(S(=O)C(C)C)cc3)=N2)cc1Cl. The molecule has 2 N–H and O–H groups in total. The monoisotopic (exact) mass is 556 g/mol. The summed E-state index contributed by atoms with van der Waals surface area (Å²) in [5, 5.41) is 12.5. The van der Waals surface area contributed by atoms with E-state index in [9.17, 15) is 4.21 Å². The highest BCUT2D eigenvalue weighted by Crippen LogP contribution is 2.26. The Hall–Kier alpha value is -2.48. The predicted molar refractivity (Wildman–Crippen MR) is 160 cm³/mol. The summed E-state index contributed by atoms with van der Waals surface area (Å²) in [4.78, 5) is 7.90. The molecule has 0 aromatic heterocycles. The van der Waals surface area contributed by atoms with Crippen molar-refractivity contribution in [2.45, 2.75) is 70.3 Å². The zero-order valence-corrected chi connectivity index (χ0v) is 25.2. The molecule has 0 amide bonds. The van der Waals surface area contributed by atoms with Crippen molar-refractivity contribution < 1.29 is 8.95 Å². The first-order valence-corrected chi connectivity index (χ1v) is 14.9. The van der Waals surface area contributed by atoms with Crippen LogP contribution in [0, 0.1) is 11.3 Å². The third kappa shape index (κ3) is 7.33. The number of nitrogens with one attached hydrogen (secondary N) is 2. The first kappa shape index (κ1) is 30.1. The zero-order valence-electron chi connectivity index (χ0n) is 23.6. The molecule has 0 spiro atoms. The van der Waals surface area contributed by atoms with E-state index in [2.05, 4.69) is 24.1 Å². The van der Waals surface area contributed by atoms with Gasteiger partial charge in [-0.15, -0.1) is 0 Å². The molecule has 1 heterocycles. The molecular weight excluding hydrogens is 516 g/mol. The highest BCUT2D eigenvalue weighted by atomic mass is 35.5. The van der Waals surface area contributed by atoms with Crippen LogP contribution in [0.2, 0.25) is 5.02 Å². The summed E-state index contributed by atoms with van der Waals surface area (Å²) >= 11 is 6.59. The number of rotatable bonds is 11. The summed E-state index contributed by atoms with van der Waals surface area (Å²) in [5.41, 5.74) is 5.26. The van der Waals surface area contributed by atoms with Crippen molar-refractivity contribution in [1.29, 1.82) is 5.41 Å². The minimum atomic E-state index is -1.03. The second-order valence-electron chi connectivity index (χ2n) is 10.3. The highest BCUT2D eigenvalue weighted by Gasteiger charge is 2.26. The fourth-order valence-electron chi connectivity index (χ4n) is 4.52. The fourth-order valence-corrected chi connectivity index (χ4v) is 5.73. The number of ether oxygens (including phenoxy) is 1. The number of aliphatic imine (C=N–C) groups is 1. The van der Waals surface area contributed by atoms with Crippen LogP contribution in [0.5, 0.6) is 0 Å². The third-order valence-corrected chi connectivity index (χ3v) is 8.79. The van der Waals surface area contributed by atoms with Gasteiger partial charge in [-0.1, -0.05) is 70.3 Å². The van der Waals surface area contributed by atoms with Crippen LogP contribution in [0.4, 0.5) is 0 Å². The smallest absolute Gasteiger partial charge is 0.215 e. The van der Waals surface area contributed by atoms with Crippen molar-refractivity contribution in [1.82, 2.24) is 10.2 Å². The van der Waals surface area contributed by atoms with E-state index in [4.69, 9.17) is 26.7 Å². The maximum absolute atomic E-state index is 12.5. The molecule has 206 valence electrons. The standard InChI is InChI=1S/C30H41ClN4O2S/c1-8-9-20(4)16-23-10-11-24(17-26(23)31)29(32)37-30(33-6)28-21(5)35(7)18-27(34-28)22-12-14-25(15-13-22)38(36)19(2)3/h10-15,17,19-20,30,32-33H,8-9,16,18H2,1-7H3. The van der Waals surface area contributed by atoms with Crippen LogP contribution < -0.4 is 5.32 Å². The van der Waals surface area contributed by atoms with Crippen LogP contribution in [0.25, 0.3) is 0 Å². The summed E-state index contributed by atoms with van der Waals surface area (Å²) in [6.07, 6.45) is 2.62. The van der Waals surface area contributed by atoms with E-state index >= 15 is 0 Å². The maximum Gasteiger partial charge on any atom is 0.215 e. The van der Waals surface area contributed by atoms with Crippen molar-refractivity contribution >= 4 is 34.0 Å². The first-order valence-electron chi connectivity index (χ1n) is 13.3. The summed E-state index contributed by atoms with van der Waals surface area (Å²) in [6, 6.07) is 13.5. The van der Waals surface area contributed by atoms with E-state index in [1.165, 1.54) is 0 Å². The van der Waals surface area contributed by atoms with Crippen molar-refractivity contribution in [2.24, 2.45) is 10.9 Å². The summed E-state index contributed by atoms with van der Waals surface area (Å²) in [6.45, 7) is 11.0. The first-order chi connectivity index (χ1) is 18.0. The van der Waals surface area contributed by atoms with Crippen LogP contribution in [0.15, 0.2) is 63.7 Å². The molecule has 0 saturated carbocycles. The molecule has 0 saturated heterocycles. The largest absolute Gasteiger partial charge is 0.452 e. The van der Waals surface area contributed by atoms with E-state index in [1.807, 2.05) is 70.3 Å². The molecule has 3 unspecified atom stereocenters. The molecule has 0 fully saturated rings. The normalized spacial score (nSPS) is 16.3.